The Balaban J connectivity index is 1.71. The molecule has 0 bridgehead atoms. The summed E-state index contributed by atoms with van der Waals surface area (Å²) in [5.74, 6) is 0.594. The van der Waals surface area contributed by atoms with Gasteiger partial charge in [-0.25, -0.2) is 8.42 Å². The molecule has 27 heavy (non-hydrogen) atoms. The summed E-state index contributed by atoms with van der Waals surface area (Å²) < 4.78 is 32.6. The number of nitrogens with one attached hydrogen (secondary N) is 1. The number of non-ortho nitro benzene ring substituents is 1. The Morgan fingerprint density at radius 3 is 2.67 bits per heavy atom. The molecule has 10 heteroatoms. The molecule has 1 aliphatic carbocycles. The van der Waals surface area contributed by atoms with Crippen LogP contribution in [0.2, 0.25) is 0 Å². The average Bonchev–Trinajstić information content (AvgIpc) is 3.28. The molecule has 1 atom stereocenters. The van der Waals surface area contributed by atoms with Crippen molar-refractivity contribution in [1.29, 1.82) is 0 Å². The predicted molar refractivity (Wildman–Crippen MR) is 99.1 cm³/mol. The Labute approximate surface area is 158 Å². The van der Waals surface area contributed by atoms with Crippen molar-refractivity contribution < 1.29 is 23.2 Å². The Hall–Kier alpha value is -1.75. The second-order valence-electron chi connectivity index (χ2n) is 7.06. The van der Waals surface area contributed by atoms with E-state index < -0.39 is 21.1 Å². The number of nitro benzene ring substituents is 1. The largest absolute Gasteiger partial charge is 0.389 e. The molecule has 1 aliphatic heterocycles. The van der Waals surface area contributed by atoms with E-state index in [9.17, 15) is 23.6 Å². The van der Waals surface area contributed by atoms with Crippen LogP contribution >= 0.6 is 0 Å². The first-order valence-electron chi connectivity index (χ1n) is 9.16. The molecule has 1 aromatic carbocycles. The number of hydrogen-bond donors (Lipinski definition) is 2. The van der Waals surface area contributed by atoms with E-state index in [1.165, 1.54) is 16.4 Å². The van der Waals surface area contributed by atoms with Gasteiger partial charge in [0, 0.05) is 38.4 Å². The Kier molecular flexibility index (Phi) is 6.30. The van der Waals surface area contributed by atoms with Gasteiger partial charge in [-0.1, -0.05) is 0 Å². The van der Waals surface area contributed by atoms with Gasteiger partial charge >= 0.3 is 0 Å². The first-order valence-corrected chi connectivity index (χ1v) is 10.6. The number of nitro groups is 1. The van der Waals surface area contributed by atoms with Gasteiger partial charge in [0.05, 0.1) is 23.3 Å². The van der Waals surface area contributed by atoms with Crippen LogP contribution in [-0.2, 0) is 14.8 Å². The monoisotopic (exact) mass is 399 g/mol. The number of rotatable bonds is 10. The van der Waals surface area contributed by atoms with Crippen molar-refractivity contribution in [3.8, 4) is 0 Å². The van der Waals surface area contributed by atoms with Crippen LogP contribution in [0.25, 0.3) is 0 Å². The number of ether oxygens (including phenoxy) is 1. The highest BCUT2D eigenvalue weighted by Gasteiger charge is 2.31. The van der Waals surface area contributed by atoms with Crippen molar-refractivity contribution in [3.05, 3.63) is 28.3 Å². The van der Waals surface area contributed by atoms with E-state index in [0.717, 1.165) is 31.7 Å². The highest BCUT2D eigenvalue weighted by Crippen LogP contribution is 2.31. The number of aliphatic hydroxyl groups excluding tert-OH is 1. The quantitative estimate of drug-likeness (QED) is 0.452. The molecule has 2 N–H and O–H groups in total. The maximum atomic E-state index is 12.9. The third-order valence-electron chi connectivity index (χ3n) is 4.75. The van der Waals surface area contributed by atoms with Crippen LogP contribution in [0.4, 0.5) is 11.4 Å². The van der Waals surface area contributed by atoms with Gasteiger partial charge in [0.1, 0.15) is 4.90 Å². The molecule has 3 rings (SSSR count). The number of nitrogens with zero attached hydrogens (tertiary/aromatic N) is 2. The Morgan fingerprint density at radius 1 is 1.33 bits per heavy atom. The highest BCUT2D eigenvalue weighted by atomic mass is 32.2. The molecule has 0 spiro atoms. The standard InChI is InChI=1S/C17H25N3O6S/c21-15(12-26-11-13-3-4-13)10-18-16-6-5-14(20(22)23)9-17(16)27(24,25)19-7-1-2-8-19/h5-6,9,13,15,18,21H,1-4,7-8,10-12H2. The molecule has 0 radical (unpaired) electrons. The lowest BCUT2D eigenvalue weighted by molar-refractivity contribution is -0.385. The van der Waals surface area contributed by atoms with Crippen molar-refractivity contribution in [3.63, 3.8) is 0 Å². The fourth-order valence-corrected chi connectivity index (χ4v) is 4.70. The summed E-state index contributed by atoms with van der Waals surface area (Å²) in [6.45, 7) is 1.68. The van der Waals surface area contributed by atoms with E-state index in [2.05, 4.69) is 5.32 Å². The molecular weight excluding hydrogens is 374 g/mol. The maximum Gasteiger partial charge on any atom is 0.270 e. The van der Waals surface area contributed by atoms with Crippen molar-refractivity contribution in [1.82, 2.24) is 4.31 Å². The first-order chi connectivity index (χ1) is 12.9. The lowest BCUT2D eigenvalue weighted by Gasteiger charge is -2.20. The van der Waals surface area contributed by atoms with Crippen LogP contribution in [-0.4, -0.2) is 61.7 Å². The molecule has 9 nitrogen and oxygen atoms in total. The van der Waals surface area contributed by atoms with Gasteiger partial charge in [-0.3, -0.25) is 10.1 Å². The molecule has 150 valence electrons. The summed E-state index contributed by atoms with van der Waals surface area (Å²) in [6, 6.07) is 3.70. The fraction of sp³-hybridized carbons (Fsp3) is 0.647. The zero-order valence-corrected chi connectivity index (χ0v) is 15.9. The van der Waals surface area contributed by atoms with Crippen molar-refractivity contribution in [2.24, 2.45) is 5.92 Å². The second-order valence-corrected chi connectivity index (χ2v) is 8.97. The average molecular weight is 399 g/mol. The van der Waals surface area contributed by atoms with Gasteiger partial charge < -0.3 is 15.2 Å². The maximum absolute atomic E-state index is 12.9. The Morgan fingerprint density at radius 2 is 2.04 bits per heavy atom. The minimum atomic E-state index is -3.84. The number of anilines is 1. The van der Waals surface area contributed by atoms with Gasteiger partial charge in [-0.2, -0.15) is 4.31 Å². The van der Waals surface area contributed by atoms with Gasteiger partial charge in [-0.05, 0) is 37.7 Å². The normalized spacial score (nSPS) is 19.1. The zero-order valence-electron chi connectivity index (χ0n) is 15.0. The van der Waals surface area contributed by atoms with Gasteiger partial charge in [-0.15, -0.1) is 0 Å². The van der Waals surface area contributed by atoms with Crippen LogP contribution < -0.4 is 5.32 Å². The molecule has 1 saturated carbocycles. The first kappa shape index (κ1) is 20.0. The smallest absolute Gasteiger partial charge is 0.270 e. The summed E-state index contributed by atoms with van der Waals surface area (Å²) in [4.78, 5) is 10.3. The minimum absolute atomic E-state index is 0.0883. The van der Waals surface area contributed by atoms with Gasteiger partial charge in [0.2, 0.25) is 10.0 Å². The summed E-state index contributed by atoms with van der Waals surface area (Å²) in [7, 11) is -3.84. The van der Waals surface area contributed by atoms with Gasteiger partial charge in [0.25, 0.3) is 5.69 Å². The molecule has 1 unspecified atom stereocenters. The summed E-state index contributed by atoms with van der Waals surface area (Å²) >= 11 is 0. The number of sulfonamides is 1. The third kappa shape index (κ3) is 5.16. The summed E-state index contributed by atoms with van der Waals surface area (Å²) in [5, 5.41) is 24.0. The Bertz CT molecular complexity index is 775. The van der Waals surface area contributed by atoms with E-state index in [4.69, 9.17) is 4.74 Å². The van der Waals surface area contributed by atoms with Gasteiger partial charge in [0.15, 0.2) is 0 Å². The van der Waals surface area contributed by atoms with Crippen molar-refractivity contribution in [2.75, 3.05) is 38.2 Å². The fourth-order valence-electron chi connectivity index (χ4n) is 2.99. The lowest BCUT2D eigenvalue weighted by Crippen LogP contribution is -2.30. The van der Waals surface area contributed by atoms with Crippen LogP contribution in [0.1, 0.15) is 25.7 Å². The van der Waals surface area contributed by atoms with E-state index in [1.54, 1.807) is 0 Å². The van der Waals surface area contributed by atoms with E-state index in [-0.39, 0.29) is 29.4 Å². The topological polar surface area (TPSA) is 122 Å². The van der Waals surface area contributed by atoms with Crippen LogP contribution in [0, 0.1) is 16.0 Å². The van der Waals surface area contributed by atoms with E-state index in [0.29, 0.717) is 25.6 Å². The molecule has 1 aromatic rings. The van der Waals surface area contributed by atoms with E-state index in [1.807, 2.05) is 0 Å². The highest BCUT2D eigenvalue weighted by molar-refractivity contribution is 7.89. The second kappa shape index (κ2) is 8.51. The minimum Gasteiger partial charge on any atom is -0.389 e. The molecule has 0 aromatic heterocycles. The van der Waals surface area contributed by atoms with Crippen LogP contribution in [0.5, 0.6) is 0 Å². The van der Waals surface area contributed by atoms with Crippen LogP contribution in [0.15, 0.2) is 23.1 Å². The zero-order chi connectivity index (χ0) is 19.4. The molecular formula is C17H25N3O6S. The van der Waals surface area contributed by atoms with Crippen molar-refractivity contribution >= 4 is 21.4 Å². The number of aliphatic hydroxyl groups is 1. The molecule has 0 amide bonds. The lowest BCUT2D eigenvalue weighted by atomic mass is 10.2. The van der Waals surface area contributed by atoms with E-state index >= 15 is 0 Å². The molecule has 1 saturated heterocycles. The summed E-state index contributed by atoms with van der Waals surface area (Å²) in [5.41, 5.74) is -0.0413. The number of benzene rings is 1. The van der Waals surface area contributed by atoms with Crippen LogP contribution in [0.3, 0.4) is 0 Å². The molecule has 1 heterocycles. The number of hydrogen-bond acceptors (Lipinski definition) is 7. The SMILES string of the molecule is O=[N+]([O-])c1ccc(NCC(O)COCC2CC2)c(S(=O)(=O)N2CCCC2)c1. The summed E-state index contributed by atoms with van der Waals surface area (Å²) in [6.07, 6.45) is 3.06. The van der Waals surface area contributed by atoms with Crippen molar-refractivity contribution in [2.45, 2.75) is 36.7 Å². The predicted octanol–water partition coefficient (Wildman–Crippen LogP) is 1.58. The molecule has 2 aliphatic rings. The third-order valence-corrected chi connectivity index (χ3v) is 6.69. The molecule has 2 fully saturated rings.